The maximum absolute atomic E-state index is 5.51. The molecule has 0 bridgehead atoms. The highest BCUT2D eigenvalue weighted by molar-refractivity contribution is 5.28. The summed E-state index contributed by atoms with van der Waals surface area (Å²) in [6.07, 6.45) is 1.29. The smallest absolute Gasteiger partial charge is 0.213 e. The Hall–Kier alpha value is -1.88. The third-order valence-electron chi connectivity index (χ3n) is 2.59. The Morgan fingerprint density at radius 1 is 1.35 bits per heavy atom. The summed E-state index contributed by atoms with van der Waals surface area (Å²) < 4.78 is 10.1. The van der Waals surface area contributed by atoms with E-state index in [0.717, 1.165) is 5.75 Å². The van der Waals surface area contributed by atoms with Crippen LogP contribution >= 0.6 is 0 Å². The average Bonchev–Trinajstić information content (AvgIpc) is 2.89. The summed E-state index contributed by atoms with van der Waals surface area (Å²) in [4.78, 5) is 3.88. The van der Waals surface area contributed by atoms with Crippen molar-refractivity contribution in [3.8, 4) is 5.75 Å². The predicted octanol–water partition coefficient (Wildman–Crippen LogP) is 1.93. The third kappa shape index (κ3) is 3.04. The average molecular weight is 233 g/mol. The van der Waals surface area contributed by atoms with E-state index in [2.05, 4.69) is 26.9 Å². The van der Waals surface area contributed by atoms with E-state index in [4.69, 9.17) is 4.74 Å². The lowest BCUT2D eigenvalue weighted by Crippen LogP contribution is -2.11. The van der Waals surface area contributed by atoms with Crippen LogP contribution in [0.2, 0.25) is 0 Å². The van der Waals surface area contributed by atoms with E-state index >= 15 is 0 Å². The van der Waals surface area contributed by atoms with Crippen LogP contribution in [0.5, 0.6) is 5.75 Å². The molecule has 0 amide bonds. The molecule has 0 fully saturated rings. The van der Waals surface area contributed by atoms with Crippen molar-refractivity contribution in [1.29, 1.82) is 0 Å². The number of benzene rings is 1. The molecule has 2 rings (SSSR count). The summed E-state index contributed by atoms with van der Waals surface area (Å²) in [5.74, 6) is 1.33. The van der Waals surface area contributed by atoms with E-state index in [-0.39, 0.29) is 0 Å². The van der Waals surface area contributed by atoms with Crippen molar-refractivity contribution in [3.63, 3.8) is 0 Å². The second-order valence-corrected chi connectivity index (χ2v) is 3.72. The zero-order valence-corrected chi connectivity index (χ0v) is 9.88. The van der Waals surface area contributed by atoms with Crippen LogP contribution in [-0.4, -0.2) is 17.2 Å². The predicted molar refractivity (Wildman–Crippen MR) is 62.5 cm³/mol. The summed E-state index contributed by atoms with van der Waals surface area (Å²) >= 11 is 0. The summed E-state index contributed by atoms with van der Waals surface area (Å²) in [5.41, 5.74) is 1.22. The van der Waals surface area contributed by atoms with E-state index in [1.165, 1.54) is 12.0 Å². The molecule has 1 N–H and O–H groups in total. The molecule has 2 aromatic rings. The number of ether oxygens (including phenoxy) is 1. The Morgan fingerprint density at radius 3 is 2.71 bits per heavy atom. The van der Waals surface area contributed by atoms with E-state index < -0.39 is 0 Å². The zero-order valence-electron chi connectivity index (χ0n) is 9.88. The molecule has 1 aromatic heterocycles. The van der Waals surface area contributed by atoms with Gasteiger partial charge in [-0.3, -0.25) is 0 Å². The van der Waals surface area contributed by atoms with Gasteiger partial charge in [-0.25, -0.2) is 0 Å². The Bertz CT molecular complexity index is 439. The maximum atomic E-state index is 5.51. The Labute approximate surface area is 99.8 Å². The molecular weight excluding hydrogens is 218 g/mol. The van der Waals surface area contributed by atoms with Gasteiger partial charge in [-0.2, -0.15) is 4.98 Å². The van der Waals surface area contributed by atoms with Crippen molar-refractivity contribution in [3.05, 3.63) is 42.0 Å². The lowest BCUT2D eigenvalue weighted by Gasteiger charge is -2.11. The second kappa shape index (κ2) is 5.45. The Balaban J connectivity index is 1.94. The van der Waals surface area contributed by atoms with Crippen LogP contribution in [0.3, 0.4) is 0 Å². The molecule has 0 spiro atoms. The monoisotopic (exact) mass is 233 g/mol. The molecule has 1 atom stereocenters. The molecule has 17 heavy (non-hydrogen) atoms. The van der Waals surface area contributed by atoms with Gasteiger partial charge in [0, 0.05) is 6.04 Å². The molecule has 5 nitrogen and oxygen atoms in total. The van der Waals surface area contributed by atoms with Gasteiger partial charge in [0.2, 0.25) is 12.2 Å². The lowest BCUT2D eigenvalue weighted by atomic mass is 10.1. The maximum Gasteiger partial charge on any atom is 0.213 e. The summed E-state index contributed by atoms with van der Waals surface area (Å²) in [7, 11) is 1.94. The Kier molecular flexibility index (Phi) is 3.72. The van der Waals surface area contributed by atoms with Crippen molar-refractivity contribution in [1.82, 2.24) is 15.5 Å². The van der Waals surface area contributed by atoms with Crippen LogP contribution in [-0.2, 0) is 6.61 Å². The first-order valence-electron chi connectivity index (χ1n) is 5.45. The standard InChI is InChI=1S/C12H15N3O2/c1-9(13-2)10-3-5-11(6-4-10)16-7-12-14-8-17-15-12/h3-6,8-9,13H,7H2,1-2H3. The number of nitrogens with one attached hydrogen (secondary N) is 1. The SMILES string of the molecule is CNC(C)c1ccc(OCc2ncon2)cc1. The van der Waals surface area contributed by atoms with Crippen LogP contribution in [0.1, 0.15) is 24.4 Å². The quantitative estimate of drug-likeness (QED) is 0.855. The minimum Gasteiger partial charge on any atom is -0.485 e. The molecule has 1 aromatic carbocycles. The van der Waals surface area contributed by atoms with Crippen molar-refractivity contribution >= 4 is 0 Å². The van der Waals surface area contributed by atoms with Gasteiger partial charge in [-0.1, -0.05) is 17.3 Å². The number of aromatic nitrogens is 2. The molecule has 0 aliphatic rings. The number of rotatable bonds is 5. The van der Waals surface area contributed by atoms with Crippen LogP contribution in [0.4, 0.5) is 0 Å². The fraction of sp³-hybridized carbons (Fsp3) is 0.333. The van der Waals surface area contributed by atoms with E-state index in [9.17, 15) is 0 Å². The first-order valence-corrected chi connectivity index (χ1v) is 5.45. The van der Waals surface area contributed by atoms with Crippen molar-refractivity contribution in [2.45, 2.75) is 19.6 Å². The largest absolute Gasteiger partial charge is 0.485 e. The van der Waals surface area contributed by atoms with Gasteiger partial charge >= 0.3 is 0 Å². The van der Waals surface area contributed by atoms with Gasteiger partial charge in [-0.05, 0) is 31.7 Å². The third-order valence-corrected chi connectivity index (χ3v) is 2.59. The minimum absolute atomic E-state index is 0.317. The minimum atomic E-state index is 0.317. The highest BCUT2D eigenvalue weighted by atomic mass is 16.5. The van der Waals surface area contributed by atoms with Gasteiger partial charge in [-0.15, -0.1) is 0 Å². The van der Waals surface area contributed by atoms with Crippen molar-refractivity contribution in [2.75, 3.05) is 7.05 Å². The molecule has 0 aliphatic carbocycles. The fourth-order valence-electron chi connectivity index (χ4n) is 1.42. The van der Waals surface area contributed by atoms with Crippen LogP contribution in [0, 0.1) is 0 Å². The highest BCUT2D eigenvalue weighted by Crippen LogP contribution is 2.17. The molecule has 0 saturated heterocycles. The van der Waals surface area contributed by atoms with Gasteiger partial charge in [0.1, 0.15) is 5.75 Å². The van der Waals surface area contributed by atoms with E-state index in [0.29, 0.717) is 18.5 Å². The molecule has 1 heterocycles. The van der Waals surface area contributed by atoms with E-state index in [1.807, 2.05) is 31.3 Å². The molecule has 0 radical (unpaired) electrons. The van der Waals surface area contributed by atoms with Gasteiger partial charge < -0.3 is 14.6 Å². The molecule has 5 heteroatoms. The van der Waals surface area contributed by atoms with Gasteiger partial charge in [0.05, 0.1) is 0 Å². The van der Waals surface area contributed by atoms with E-state index in [1.54, 1.807) is 0 Å². The Morgan fingerprint density at radius 2 is 2.12 bits per heavy atom. The number of hydrogen-bond acceptors (Lipinski definition) is 5. The lowest BCUT2D eigenvalue weighted by molar-refractivity contribution is 0.286. The molecule has 90 valence electrons. The van der Waals surface area contributed by atoms with Gasteiger partial charge in [0.25, 0.3) is 0 Å². The molecule has 0 aliphatic heterocycles. The molecule has 0 saturated carbocycles. The van der Waals surface area contributed by atoms with Crippen LogP contribution < -0.4 is 10.1 Å². The first-order chi connectivity index (χ1) is 8.29. The summed E-state index contributed by atoms with van der Waals surface area (Å²) in [6.45, 7) is 2.42. The van der Waals surface area contributed by atoms with Crippen LogP contribution in [0.25, 0.3) is 0 Å². The van der Waals surface area contributed by atoms with Crippen molar-refractivity contribution in [2.24, 2.45) is 0 Å². The second-order valence-electron chi connectivity index (χ2n) is 3.72. The topological polar surface area (TPSA) is 60.2 Å². The summed E-state index contributed by atoms with van der Waals surface area (Å²) in [5, 5.41) is 6.85. The van der Waals surface area contributed by atoms with Gasteiger partial charge in [0.15, 0.2) is 6.61 Å². The highest BCUT2D eigenvalue weighted by Gasteiger charge is 2.03. The van der Waals surface area contributed by atoms with Crippen LogP contribution in [0.15, 0.2) is 35.2 Å². The fourth-order valence-corrected chi connectivity index (χ4v) is 1.42. The first kappa shape index (κ1) is 11.6. The molecular formula is C12H15N3O2. The number of nitrogens with zero attached hydrogens (tertiary/aromatic N) is 2. The summed E-state index contributed by atoms with van der Waals surface area (Å²) in [6, 6.07) is 8.27. The molecule has 1 unspecified atom stereocenters. The van der Waals surface area contributed by atoms with Crippen molar-refractivity contribution < 1.29 is 9.26 Å². The number of hydrogen-bond donors (Lipinski definition) is 1. The zero-order chi connectivity index (χ0) is 12.1. The normalized spacial score (nSPS) is 12.4.